The van der Waals surface area contributed by atoms with E-state index in [1.165, 1.54) is 19.1 Å². The normalized spacial score (nSPS) is 17.5. The second kappa shape index (κ2) is 22.8. The lowest BCUT2D eigenvalue weighted by atomic mass is 9.94. The fourth-order valence-electron chi connectivity index (χ4n) is 11.8. The number of aliphatic imine (C=N–C) groups is 2. The fraction of sp³-hybridized carbons (Fsp3) is 0.277. The number of anilines is 1. The van der Waals surface area contributed by atoms with Gasteiger partial charge in [0.05, 0.1) is 62.0 Å². The van der Waals surface area contributed by atoms with Crippen LogP contribution in [-0.4, -0.2) is 127 Å². The number of carboxylic acid groups (broad SMARTS) is 1. The van der Waals surface area contributed by atoms with E-state index in [2.05, 4.69) is 10.6 Å². The lowest BCUT2D eigenvalue weighted by molar-refractivity contribution is -0.130. The van der Waals surface area contributed by atoms with Gasteiger partial charge in [0.25, 0.3) is 11.8 Å². The molecular weight excluding hydrogens is 1070 g/mol. The van der Waals surface area contributed by atoms with E-state index in [0.717, 1.165) is 44.5 Å². The third-order valence-electron chi connectivity index (χ3n) is 16.1. The Labute approximate surface area is 484 Å². The Kier molecular flexibility index (Phi) is 14.8. The minimum atomic E-state index is -1.22. The lowest BCUT2D eigenvalue weighted by Gasteiger charge is -2.34. The van der Waals surface area contributed by atoms with Gasteiger partial charge in [0.15, 0.2) is 34.5 Å². The number of hydrogen-bond acceptors (Lipinski definition) is 13. The van der Waals surface area contributed by atoms with Gasteiger partial charge in [0, 0.05) is 74.4 Å². The number of nitrogens with zero attached hydrogens (tertiary/aromatic N) is 5. The number of rotatable bonds is 18. The van der Waals surface area contributed by atoms with Crippen molar-refractivity contribution in [3.63, 3.8) is 0 Å². The third kappa shape index (κ3) is 10.4. The molecule has 6 aromatic carbocycles. The molecule has 84 heavy (non-hydrogen) atoms. The van der Waals surface area contributed by atoms with Crippen LogP contribution in [0.4, 0.5) is 21.9 Å². The molecule has 0 fully saturated rings. The summed E-state index contributed by atoms with van der Waals surface area (Å²) in [4.78, 5) is 82.6. The second-order valence-electron chi connectivity index (χ2n) is 21.6. The van der Waals surface area contributed by atoms with Crippen molar-refractivity contribution in [2.24, 2.45) is 15.9 Å². The molecule has 5 aliphatic heterocycles. The molecule has 12 rings (SSSR count). The van der Waals surface area contributed by atoms with Crippen molar-refractivity contribution in [1.82, 2.24) is 20.0 Å². The number of fused-ring (bicyclic) bond motifs is 8. The van der Waals surface area contributed by atoms with E-state index < -0.39 is 35.9 Å². The maximum atomic E-state index is 14.2. The number of nitrogens with one attached hydrogen (secondary N) is 2. The van der Waals surface area contributed by atoms with E-state index in [1.54, 1.807) is 79.4 Å². The van der Waals surface area contributed by atoms with Gasteiger partial charge in [-0.15, -0.1) is 0 Å². The van der Waals surface area contributed by atoms with Crippen LogP contribution in [-0.2, 0) is 9.59 Å². The van der Waals surface area contributed by atoms with E-state index in [0.29, 0.717) is 81.9 Å². The molecule has 0 aromatic heterocycles. The highest BCUT2D eigenvalue weighted by Gasteiger charge is 2.40. The number of carbonyl (C=O) groups excluding carboxylic acids is 4. The van der Waals surface area contributed by atoms with Gasteiger partial charge in [-0.1, -0.05) is 80.6 Å². The highest BCUT2D eigenvalue weighted by atomic mass is 16.7. The molecule has 0 bridgehead atoms. The van der Waals surface area contributed by atoms with Crippen molar-refractivity contribution in [2.45, 2.75) is 70.1 Å². The summed E-state index contributed by atoms with van der Waals surface area (Å²) in [5.74, 6) is 0.791. The average Bonchev–Trinajstić information content (AvgIpc) is 2.49. The molecule has 6 aromatic rings. The van der Waals surface area contributed by atoms with Crippen molar-refractivity contribution in [3.8, 4) is 45.6 Å². The van der Waals surface area contributed by atoms with Gasteiger partial charge in [0.2, 0.25) is 18.6 Å². The van der Waals surface area contributed by atoms with Crippen LogP contribution in [0.25, 0.3) is 22.3 Å². The van der Waals surface area contributed by atoms with Crippen molar-refractivity contribution >= 4 is 70.4 Å². The van der Waals surface area contributed by atoms with E-state index in [1.807, 2.05) is 91.3 Å². The summed E-state index contributed by atoms with van der Waals surface area (Å²) >= 11 is 0. The van der Waals surface area contributed by atoms with Gasteiger partial charge >= 0.3 is 6.09 Å². The Morgan fingerprint density at radius 3 is 1.74 bits per heavy atom. The predicted octanol–water partition coefficient (Wildman–Crippen LogP) is 10.5. The smallest absolute Gasteiger partial charge is 0.408 e. The highest BCUT2D eigenvalue weighted by molar-refractivity contribution is 6.07. The van der Waals surface area contributed by atoms with Crippen LogP contribution in [0, 0.1) is 5.92 Å². The summed E-state index contributed by atoms with van der Waals surface area (Å²) in [6.45, 7) is 5.88. The molecule has 19 nitrogen and oxygen atoms in total. The molecule has 4 atom stereocenters. The average molecular weight is 1130 g/mol. The van der Waals surface area contributed by atoms with Gasteiger partial charge in [-0.05, 0) is 93.8 Å². The van der Waals surface area contributed by atoms with Crippen molar-refractivity contribution in [3.05, 3.63) is 161 Å². The zero-order valence-electron chi connectivity index (χ0n) is 46.9. The molecule has 5 amide bonds. The molecule has 428 valence electrons. The number of hydrogen-bond donors (Lipinski definition) is 3. The maximum absolute atomic E-state index is 14.2. The molecule has 0 unspecified atom stereocenters. The van der Waals surface area contributed by atoms with Crippen LogP contribution in [0.15, 0.2) is 138 Å². The number of benzene rings is 6. The van der Waals surface area contributed by atoms with Gasteiger partial charge in [0.1, 0.15) is 12.1 Å². The number of carbonyl (C=O) groups is 5. The molecule has 0 radical (unpaired) electrons. The molecular formula is C65H61N7O12. The Hall–Kier alpha value is -9.91. The Morgan fingerprint density at radius 1 is 0.655 bits per heavy atom. The standard InChI is InChI=1S/C65H61N7O12/c1-36(2)60(72(65(77)78)34-51-47-13-8-6-11-45(47)46-12-7-9-14-48(46)51)62(74)68-37(3)61(73)69-42-18-15-38(16-19-42)40-23-43-30-66-52-28-58(55(79-4)26-49(52)63(75)70(43)32-40)81-21-10-22-82-59-29-53-50(27-56(59)80-5)64(76)71-33-41(24-44(71)31-67-53)39-17-20-54-57(25-39)84-35-83-54/h6-9,11-20,25-33,36-37,43-44,51,60H,10,21-24,34-35H2,1-5H3,(H,68,74)(H,69,73)(H,77,78)/t37-,43-,44-,60-/m0/s1. The predicted molar refractivity (Wildman–Crippen MR) is 315 cm³/mol. The first-order valence-corrected chi connectivity index (χ1v) is 27.9. The minimum Gasteiger partial charge on any atom is -0.493 e. The highest BCUT2D eigenvalue weighted by Crippen LogP contribution is 2.47. The minimum absolute atomic E-state index is 0.0619. The third-order valence-corrected chi connectivity index (χ3v) is 16.1. The van der Waals surface area contributed by atoms with Crippen LogP contribution < -0.4 is 39.1 Å². The topological polar surface area (TPSA) is 219 Å². The van der Waals surface area contributed by atoms with Gasteiger partial charge in [-0.3, -0.25) is 34.1 Å². The maximum Gasteiger partial charge on any atom is 0.408 e. The first kappa shape index (κ1) is 54.7. The zero-order valence-corrected chi connectivity index (χ0v) is 46.9. The summed E-state index contributed by atoms with van der Waals surface area (Å²) in [6.07, 6.45) is 7.53. The summed E-state index contributed by atoms with van der Waals surface area (Å²) < 4.78 is 34.8. The van der Waals surface area contributed by atoms with Crippen LogP contribution in [0.5, 0.6) is 34.5 Å². The quantitative estimate of drug-likeness (QED) is 0.0685. The Bertz CT molecular complexity index is 3730. The van der Waals surface area contributed by atoms with Crippen LogP contribution >= 0.6 is 0 Å². The lowest BCUT2D eigenvalue weighted by Crippen LogP contribution is -2.56. The Morgan fingerprint density at radius 2 is 1.19 bits per heavy atom. The molecule has 19 heteroatoms. The molecule has 3 N–H and O–H groups in total. The summed E-state index contributed by atoms with van der Waals surface area (Å²) in [5.41, 5.74) is 9.89. The first-order valence-electron chi connectivity index (χ1n) is 27.9. The SMILES string of the molecule is COc1cc2c(cc1OCCCOc1cc3c(cc1OC)C(=O)N1C=C(c4ccc5c(c4)OCO5)C[C@H]1C=N3)N=C[C@@H]1CC(c3ccc(NC(=O)[C@H](C)NC(=O)[C@H](C(C)C)N(CC4c5ccccc5-c5ccccc54)C(=O)O)cc3)=CN1C2=O. The van der Waals surface area contributed by atoms with E-state index >= 15 is 0 Å². The van der Waals surface area contributed by atoms with Crippen LogP contribution in [0.2, 0.25) is 0 Å². The molecule has 0 saturated carbocycles. The van der Waals surface area contributed by atoms with Gasteiger partial charge in [-0.25, -0.2) is 4.79 Å². The summed E-state index contributed by atoms with van der Waals surface area (Å²) in [7, 11) is 3.03. The molecule has 1 aliphatic carbocycles. The number of amides is 5. The number of ether oxygens (including phenoxy) is 6. The van der Waals surface area contributed by atoms with Crippen molar-refractivity contribution < 1.29 is 57.5 Å². The van der Waals surface area contributed by atoms with E-state index in [4.69, 9.17) is 38.4 Å². The van der Waals surface area contributed by atoms with Crippen LogP contribution in [0.1, 0.15) is 88.9 Å². The fourth-order valence-corrected chi connectivity index (χ4v) is 11.8. The van der Waals surface area contributed by atoms with Gasteiger partial charge in [-0.2, -0.15) is 0 Å². The van der Waals surface area contributed by atoms with Gasteiger partial charge < -0.3 is 54.0 Å². The first-order chi connectivity index (χ1) is 40.7. The largest absolute Gasteiger partial charge is 0.493 e. The molecule has 0 saturated heterocycles. The monoisotopic (exact) mass is 1130 g/mol. The Balaban J connectivity index is 0.639. The zero-order chi connectivity index (χ0) is 58.3. The second-order valence-corrected chi connectivity index (χ2v) is 21.6. The molecule has 0 spiro atoms. The van der Waals surface area contributed by atoms with E-state index in [-0.39, 0.29) is 56.4 Å². The summed E-state index contributed by atoms with van der Waals surface area (Å²) in [5, 5.41) is 16.2. The molecule has 5 heterocycles. The summed E-state index contributed by atoms with van der Waals surface area (Å²) in [6, 6.07) is 32.8. The van der Waals surface area contributed by atoms with Crippen molar-refractivity contribution in [1.29, 1.82) is 0 Å². The van der Waals surface area contributed by atoms with E-state index in [9.17, 15) is 29.1 Å². The molecule has 6 aliphatic rings. The number of methoxy groups -OCH3 is 2. The van der Waals surface area contributed by atoms with Crippen molar-refractivity contribution in [2.75, 3.05) is 46.1 Å². The van der Waals surface area contributed by atoms with Crippen LogP contribution in [0.3, 0.4) is 0 Å².